The molecule has 49 heavy (non-hydrogen) atoms. The third kappa shape index (κ3) is 5.33. The maximum atomic E-state index is 14.4. The van der Waals surface area contributed by atoms with E-state index in [9.17, 15) is 19.4 Å². The molecule has 4 aliphatic rings. The van der Waals surface area contributed by atoms with Gasteiger partial charge in [-0.3, -0.25) is 27.9 Å². The van der Waals surface area contributed by atoms with Gasteiger partial charge < -0.3 is 44.6 Å². The summed E-state index contributed by atoms with van der Waals surface area (Å²) >= 11 is 5.44. The lowest BCUT2D eigenvalue weighted by Crippen LogP contribution is -2.38. The zero-order chi connectivity index (χ0) is 34.5. The van der Waals surface area contributed by atoms with E-state index in [4.69, 9.17) is 55.4 Å². The Balaban J connectivity index is 1.18. The molecule has 1 spiro atoms. The fourth-order valence-electron chi connectivity index (χ4n) is 7.30. The Hall–Kier alpha value is -2.98. The average Bonchev–Trinajstić information content (AvgIpc) is 3.35. The highest BCUT2D eigenvalue weighted by Gasteiger charge is 2.74. The van der Waals surface area contributed by atoms with Crippen LogP contribution in [0.25, 0.3) is 22.3 Å². The topological polar surface area (TPSA) is 281 Å². The number of aliphatic hydroxyl groups excluding tert-OH is 1. The van der Waals surface area contributed by atoms with Crippen LogP contribution >= 0.6 is 14.5 Å². The number of ether oxygens (including phenoxy) is 2. The first-order valence-corrected chi connectivity index (χ1v) is 19.2. The predicted molar refractivity (Wildman–Crippen MR) is 170 cm³/mol. The number of nitrogen functional groups attached to an aromatic ring is 2. The van der Waals surface area contributed by atoms with Gasteiger partial charge in [0.05, 0.1) is 38.5 Å². The van der Waals surface area contributed by atoms with E-state index in [0.717, 1.165) is 0 Å². The minimum Gasteiger partial charge on any atom is -0.388 e. The first-order valence-electron chi connectivity index (χ1n) is 15.1. The Morgan fingerprint density at radius 2 is 1.92 bits per heavy atom. The van der Waals surface area contributed by atoms with Crippen molar-refractivity contribution in [2.75, 3.05) is 38.4 Å². The van der Waals surface area contributed by atoms with Crippen LogP contribution in [0.4, 0.5) is 11.8 Å². The number of phosphoric acid groups is 1. The molecular formula is C25H32N10O11P2S. The Morgan fingerprint density at radius 3 is 2.69 bits per heavy atom. The number of aromatic amines is 1. The molecular weight excluding hydrogens is 710 g/mol. The molecule has 21 nitrogen and oxygen atoms in total. The fourth-order valence-corrected chi connectivity index (χ4v) is 10.2. The lowest BCUT2D eigenvalue weighted by molar-refractivity contribution is -0.0636. The molecule has 0 amide bonds. The third-order valence-corrected chi connectivity index (χ3v) is 12.6. The van der Waals surface area contributed by atoms with Gasteiger partial charge in [0.2, 0.25) is 5.95 Å². The number of H-pyrrole nitrogens is 1. The Morgan fingerprint density at radius 1 is 1.14 bits per heavy atom. The second-order valence-corrected chi connectivity index (χ2v) is 16.6. The molecule has 264 valence electrons. The number of nitrogens with zero attached hydrogens (tertiary/aromatic N) is 7. The van der Waals surface area contributed by atoms with Gasteiger partial charge in [0.15, 0.2) is 28.9 Å². The summed E-state index contributed by atoms with van der Waals surface area (Å²) in [7, 11) is -3.09. The van der Waals surface area contributed by atoms with E-state index in [2.05, 4.69) is 29.9 Å². The number of aliphatic hydroxyl groups is 1. The van der Waals surface area contributed by atoms with E-state index >= 15 is 0 Å². The van der Waals surface area contributed by atoms with Gasteiger partial charge in [-0.25, -0.2) is 24.5 Å². The van der Waals surface area contributed by atoms with Crippen LogP contribution in [0.15, 0.2) is 23.8 Å². The molecule has 2 aliphatic carbocycles. The third-order valence-electron chi connectivity index (χ3n) is 9.49. The number of methoxy groups -OCH3 is 1. The molecule has 4 aromatic rings. The smallest absolute Gasteiger partial charge is 0.388 e. The average molecular weight is 743 g/mol. The van der Waals surface area contributed by atoms with Crippen molar-refractivity contribution >= 4 is 60.4 Å². The highest BCUT2D eigenvalue weighted by Crippen LogP contribution is 2.72. The maximum absolute atomic E-state index is 14.4. The van der Waals surface area contributed by atoms with Crippen molar-refractivity contribution in [2.24, 2.45) is 11.3 Å². The number of nitrogens with one attached hydrogen (secondary N) is 1. The summed E-state index contributed by atoms with van der Waals surface area (Å²) in [6, 6.07) is -0.678. The van der Waals surface area contributed by atoms with Crippen molar-refractivity contribution in [1.29, 1.82) is 0 Å². The molecule has 2 saturated carbocycles. The van der Waals surface area contributed by atoms with Gasteiger partial charge in [0.25, 0.3) is 5.56 Å². The summed E-state index contributed by atoms with van der Waals surface area (Å²) in [6.45, 7) is -3.24. The second kappa shape index (κ2) is 11.8. The molecule has 8 rings (SSSR count). The van der Waals surface area contributed by atoms with Crippen LogP contribution in [0, 0.1) is 11.3 Å². The first-order chi connectivity index (χ1) is 23.4. The lowest BCUT2D eigenvalue weighted by atomic mass is 10.0. The number of nitrogens with two attached hydrogens (primary N) is 2. The zero-order valence-electron chi connectivity index (χ0n) is 25.8. The highest BCUT2D eigenvalue weighted by molar-refractivity contribution is 8.07. The fraction of sp³-hybridized carbons (Fsp3) is 0.600. The highest BCUT2D eigenvalue weighted by atomic mass is 32.5. The number of anilines is 2. The number of imidazole rings is 2. The number of hydrogen-bond acceptors (Lipinski definition) is 18. The maximum Gasteiger partial charge on any atom is 0.475 e. The van der Waals surface area contributed by atoms with Crippen LogP contribution in [0.1, 0.15) is 25.6 Å². The SMILES string of the molecule is CCO[P@@]1(=O)OCC23C[C@@H]2[C@@H](n2cnc4c(N)ncnc42)[C@H](O)[C@@H]3OP(O)(=S)OC[C@H]2O[C@@H](n3cnc4c(=O)[nH]c(N)nc43)[C@H](O1)[C@@H]2OC. The molecule has 2 bridgehead atoms. The standard InChI is InChI=1S/C25H32N10O11P2S/c1-3-41-47(38)43-6-25-4-10(25)14(34-8-30-12-19(26)28-7-29-20(12)34)15(36)18(25)46-48(39,49)42-5-11-16(40-2)17(45-47)23(44-11)35-9-31-13-21(35)32-24(27)33-22(13)37/h7-11,14-18,23,36H,3-6H2,1-2H3,(H,39,49)(H2,26,28,29)(H3,27,32,33,37)/t10-,11-,14-,15+,16-,17-,18+,23-,25?,47+,48?/m1/s1. The van der Waals surface area contributed by atoms with Gasteiger partial charge in [-0.15, -0.1) is 0 Å². The normalized spacial score (nSPS) is 39.3. The summed E-state index contributed by atoms with van der Waals surface area (Å²) in [5.41, 5.74) is 11.0. The molecule has 0 aromatic carbocycles. The van der Waals surface area contributed by atoms with Crippen molar-refractivity contribution in [3.8, 4) is 0 Å². The van der Waals surface area contributed by atoms with Crippen molar-refractivity contribution < 1.29 is 46.7 Å². The molecule has 4 aromatic heterocycles. The lowest BCUT2D eigenvalue weighted by Gasteiger charge is -2.32. The monoisotopic (exact) mass is 742 g/mol. The molecule has 24 heteroatoms. The Kier molecular flexibility index (Phi) is 7.98. The van der Waals surface area contributed by atoms with Gasteiger partial charge in [-0.2, -0.15) is 4.98 Å². The molecule has 6 heterocycles. The van der Waals surface area contributed by atoms with Gasteiger partial charge in [0.1, 0.15) is 42.4 Å². The van der Waals surface area contributed by atoms with Gasteiger partial charge >= 0.3 is 14.5 Å². The summed E-state index contributed by atoms with van der Waals surface area (Å²) in [5.74, 6) is -0.356. The predicted octanol–water partition coefficient (Wildman–Crippen LogP) is 0.137. The summed E-state index contributed by atoms with van der Waals surface area (Å²) in [6.07, 6.45) is -2.39. The molecule has 2 aliphatic heterocycles. The van der Waals surface area contributed by atoms with E-state index in [1.54, 1.807) is 11.5 Å². The van der Waals surface area contributed by atoms with E-state index in [0.29, 0.717) is 17.6 Å². The van der Waals surface area contributed by atoms with Crippen LogP contribution in [0.3, 0.4) is 0 Å². The van der Waals surface area contributed by atoms with Crippen LogP contribution in [0.5, 0.6) is 0 Å². The van der Waals surface area contributed by atoms with Crippen LogP contribution in [-0.2, 0) is 48.5 Å². The first kappa shape index (κ1) is 33.2. The van der Waals surface area contributed by atoms with Gasteiger partial charge in [0, 0.05) is 12.5 Å². The minimum atomic E-state index is -4.46. The Bertz CT molecular complexity index is 2100. The molecule has 2 saturated heterocycles. The van der Waals surface area contributed by atoms with Crippen LogP contribution in [-0.4, -0.2) is 106 Å². The zero-order valence-corrected chi connectivity index (χ0v) is 28.4. The van der Waals surface area contributed by atoms with E-state index in [-0.39, 0.29) is 48.7 Å². The minimum absolute atomic E-state index is 0.0396. The number of rotatable bonds is 5. The number of fused-ring (bicyclic) bond motifs is 4. The second-order valence-electron chi connectivity index (χ2n) is 12.1. The number of hydrogen-bond donors (Lipinski definition) is 5. The number of aromatic nitrogens is 8. The van der Waals surface area contributed by atoms with Crippen LogP contribution < -0.4 is 17.0 Å². The van der Waals surface area contributed by atoms with E-state index in [1.165, 1.54) is 30.7 Å². The van der Waals surface area contributed by atoms with E-state index < -0.39 is 68.3 Å². The molecule has 11 atom stereocenters. The largest absolute Gasteiger partial charge is 0.475 e. The Labute approximate surface area is 281 Å². The summed E-state index contributed by atoms with van der Waals surface area (Å²) in [4.78, 5) is 47.3. The molecule has 4 fully saturated rings. The molecule has 2 unspecified atom stereocenters. The summed E-state index contributed by atoms with van der Waals surface area (Å²) < 4.78 is 59.2. The molecule has 7 N–H and O–H groups in total. The number of phosphoric ester groups is 1. The van der Waals surface area contributed by atoms with Crippen molar-refractivity contribution in [3.05, 3.63) is 29.3 Å². The van der Waals surface area contributed by atoms with Gasteiger partial charge in [-0.05, 0) is 31.1 Å². The van der Waals surface area contributed by atoms with Gasteiger partial charge in [-0.1, -0.05) is 0 Å². The van der Waals surface area contributed by atoms with Crippen molar-refractivity contribution in [3.63, 3.8) is 0 Å². The summed E-state index contributed by atoms with van der Waals surface area (Å²) in [5, 5.41) is 11.7. The van der Waals surface area contributed by atoms with E-state index in [1.807, 2.05) is 0 Å². The molecule has 0 radical (unpaired) electrons. The van der Waals surface area contributed by atoms with Crippen molar-refractivity contribution in [1.82, 2.24) is 39.0 Å². The van der Waals surface area contributed by atoms with Crippen LogP contribution in [0.2, 0.25) is 0 Å². The van der Waals surface area contributed by atoms with Crippen molar-refractivity contribution in [2.45, 2.75) is 56.1 Å². The quantitative estimate of drug-likeness (QED) is 0.170.